The zero-order valence-electron chi connectivity index (χ0n) is 8.94. The van der Waals surface area contributed by atoms with E-state index in [1.807, 2.05) is 6.07 Å². The summed E-state index contributed by atoms with van der Waals surface area (Å²) in [5.74, 6) is 0.153. The van der Waals surface area contributed by atoms with Crippen LogP contribution in [0.1, 0.15) is 11.1 Å². The van der Waals surface area contributed by atoms with E-state index in [9.17, 15) is 13.2 Å². The molecule has 0 saturated carbocycles. The molecule has 1 aromatic carbocycles. The molecule has 90 valence electrons. The molecule has 2 aromatic rings. The highest BCUT2D eigenvalue weighted by Crippen LogP contribution is 2.28. The zero-order chi connectivity index (χ0) is 13.2. The summed E-state index contributed by atoms with van der Waals surface area (Å²) >= 11 is 0. The summed E-state index contributed by atoms with van der Waals surface area (Å²) in [4.78, 5) is 7.30. The fourth-order valence-electron chi connectivity index (χ4n) is 1.35. The van der Waals surface area contributed by atoms with Crippen molar-refractivity contribution in [3.05, 3.63) is 47.8 Å². The summed E-state index contributed by atoms with van der Waals surface area (Å²) < 4.78 is 37.0. The predicted molar refractivity (Wildman–Crippen MR) is 57.2 cm³/mol. The van der Waals surface area contributed by atoms with E-state index < -0.39 is 11.7 Å². The number of hydrogen-bond acceptors (Lipinski definition) is 3. The van der Waals surface area contributed by atoms with Crippen LogP contribution >= 0.6 is 0 Å². The maximum atomic E-state index is 12.3. The SMILES string of the molecule is N#Cc1cccc(-c2ncc(C(F)(F)F)cn2)c1. The average molecular weight is 249 g/mol. The summed E-state index contributed by atoms with van der Waals surface area (Å²) in [6, 6.07) is 8.29. The minimum atomic E-state index is -4.45. The highest BCUT2D eigenvalue weighted by molar-refractivity contribution is 5.57. The monoisotopic (exact) mass is 249 g/mol. The van der Waals surface area contributed by atoms with E-state index in [1.165, 1.54) is 6.07 Å². The van der Waals surface area contributed by atoms with Crippen LogP contribution in [0, 0.1) is 11.3 Å². The van der Waals surface area contributed by atoms with Crippen molar-refractivity contribution in [1.82, 2.24) is 9.97 Å². The van der Waals surface area contributed by atoms with Gasteiger partial charge < -0.3 is 0 Å². The predicted octanol–water partition coefficient (Wildman–Crippen LogP) is 3.03. The van der Waals surface area contributed by atoms with Crippen molar-refractivity contribution in [3.8, 4) is 17.5 Å². The van der Waals surface area contributed by atoms with Crippen molar-refractivity contribution < 1.29 is 13.2 Å². The molecule has 0 amide bonds. The number of halogens is 3. The molecule has 6 heteroatoms. The first kappa shape index (κ1) is 12.0. The molecule has 3 nitrogen and oxygen atoms in total. The molecule has 18 heavy (non-hydrogen) atoms. The number of nitriles is 1. The maximum absolute atomic E-state index is 12.3. The maximum Gasteiger partial charge on any atom is 0.419 e. The number of nitrogens with zero attached hydrogens (tertiary/aromatic N) is 3. The van der Waals surface area contributed by atoms with E-state index >= 15 is 0 Å². The largest absolute Gasteiger partial charge is 0.419 e. The number of alkyl halides is 3. The quantitative estimate of drug-likeness (QED) is 0.780. The Hall–Kier alpha value is -2.42. The summed E-state index contributed by atoms with van der Waals surface area (Å²) in [6.45, 7) is 0. The first-order valence-electron chi connectivity index (χ1n) is 4.90. The first-order valence-corrected chi connectivity index (χ1v) is 4.90. The Morgan fingerprint density at radius 1 is 1.11 bits per heavy atom. The minimum absolute atomic E-state index is 0.153. The van der Waals surface area contributed by atoms with Gasteiger partial charge in [-0.25, -0.2) is 9.97 Å². The van der Waals surface area contributed by atoms with E-state index in [4.69, 9.17) is 5.26 Å². The molecular weight excluding hydrogens is 243 g/mol. The Bertz CT molecular complexity index is 597. The van der Waals surface area contributed by atoms with Gasteiger partial charge in [0.2, 0.25) is 0 Å². The molecule has 1 heterocycles. The van der Waals surface area contributed by atoms with Gasteiger partial charge in [0.25, 0.3) is 0 Å². The van der Waals surface area contributed by atoms with Crippen LogP contribution in [0.3, 0.4) is 0 Å². The van der Waals surface area contributed by atoms with Gasteiger partial charge in [0, 0.05) is 18.0 Å². The molecule has 0 spiro atoms. The van der Waals surface area contributed by atoms with Gasteiger partial charge in [-0.1, -0.05) is 12.1 Å². The molecule has 1 aromatic heterocycles. The Balaban J connectivity index is 2.38. The summed E-state index contributed by atoms with van der Waals surface area (Å²) in [5.41, 5.74) is 0.00135. The Morgan fingerprint density at radius 3 is 2.33 bits per heavy atom. The molecule has 0 aliphatic heterocycles. The molecule has 2 rings (SSSR count). The summed E-state index contributed by atoms with van der Waals surface area (Å²) in [5, 5.41) is 8.72. The Labute approximate surface area is 101 Å². The third-order valence-electron chi connectivity index (χ3n) is 2.23. The third kappa shape index (κ3) is 2.46. The molecule has 0 bridgehead atoms. The van der Waals surface area contributed by atoms with E-state index in [-0.39, 0.29) is 5.82 Å². The van der Waals surface area contributed by atoms with Crippen LogP contribution in [0.25, 0.3) is 11.4 Å². The summed E-state index contributed by atoms with van der Waals surface area (Å²) in [6.07, 6.45) is -3.00. The second-order valence-electron chi connectivity index (χ2n) is 3.49. The second-order valence-corrected chi connectivity index (χ2v) is 3.49. The van der Waals surface area contributed by atoms with Crippen molar-refractivity contribution in [2.24, 2.45) is 0 Å². The van der Waals surface area contributed by atoms with Gasteiger partial charge in [0.05, 0.1) is 17.2 Å². The lowest BCUT2D eigenvalue weighted by atomic mass is 10.1. The molecule has 0 aliphatic carbocycles. The van der Waals surface area contributed by atoms with Crippen LogP contribution in [0.15, 0.2) is 36.7 Å². The third-order valence-corrected chi connectivity index (χ3v) is 2.23. The number of rotatable bonds is 1. The standard InChI is InChI=1S/C12H6F3N3/c13-12(14,15)10-6-17-11(18-7-10)9-3-1-2-8(4-9)5-16/h1-4,6-7H. The van der Waals surface area contributed by atoms with Crippen LogP contribution in [0.2, 0.25) is 0 Å². The van der Waals surface area contributed by atoms with Crippen molar-refractivity contribution >= 4 is 0 Å². The van der Waals surface area contributed by atoms with Crippen molar-refractivity contribution in [2.75, 3.05) is 0 Å². The van der Waals surface area contributed by atoms with E-state index in [2.05, 4.69) is 9.97 Å². The number of aromatic nitrogens is 2. The van der Waals surface area contributed by atoms with Gasteiger partial charge in [0.15, 0.2) is 5.82 Å². The van der Waals surface area contributed by atoms with Crippen molar-refractivity contribution in [1.29, 1.82) is 5.26 Å². The zero-order valence-corrected chi connectivity index (χ0v) is 8.94. The molecule has 0 N–H and O–H groups in total. The van der Waals surface area contributed by atoms with Gasteiger partial charge in [0.1, 0.15) is 0 Å². The topological polar surface area (TPSA) is 49.6 Å². The fourth-order valence-corrected chi connectivity index (χ4v) is 1.35. The second kappa shape index (κ2) is 4.45. The smallest absolute Gasteiger partial charge is 0.236 e. The number of hydrogen-bond donors (Lipinski definition) is 0. The molecule has 0 radical (unpaired) electrons. The van der Waals surface area contributed by atoms with Crippen LogP contribution < -0.4 is 0 Å². The van der Waals surface area contributed by atoms with E-state index in [0.717, 1.165) is 12.4 Å². The first-order chi connectivity index (χ1) is 8.50. The highest BCUT2D eigenvalue weighted by Gasteiger charge is 2.31. The molecule has 0 saturated heterocycles. The van der Waals surface area contributed by atoms with Crippen molar-refractivity contribution in [3.63, 3.8) is 0 Å². The molecule has 0 aliphatic rings. The average Bonchev–Trinajstić information content (AvgIpc) is 2.38. The highest BCUT2D eigenvalue weighted by atomic mass is 19.4. The van der Waals surface area contributed by atoms with Crippen LogP contribution in [-0.2, 0) is 6.18 Å². The summed E-state index contributed by atoms with van der Waals surface area (Å²) in [7, 11) is 0. The van der Waals surface area contributed by atoms with Gasteiger partial charge in [-0.05, 0) is 12.1 Å². The van der Waals surface area contributed by atoms with Crippen LogP contribution in [-0.4, -0.2) is 9.97 Å². The van der Waals surface area contributed by atoms with Crippen molar-refractivity contribution in [2.45, 2.75) is 6.18 Å². The molecule has 0 fully saturated rings. The fraction of sp³-hybridized carbons (Fsp3) is 0.0833. The molecule has 0 unspecified atom stereocenters. The van der Waals surface area contributed by atoms with Gasteiger partial charge in [-0.15, -0.1) is 0 Å². The van der Waals surface area contributed by atoms with Crippen LogP contribution in [0.4, 0.5) is 13.2 Å². The van der Waals surface area contributed by atoms with Gasteiger partial charge in [-0.2, -0.15) is 18.4 Å². The Morgan fingerprint density at radius 2 is 1.78 bits per heavy atom. The van der Waals surface area contributed by atoms with Crippen LogP contribution in [0.5, 0.6) is 0 Å². The lowest BCUT2D eigenvalue weighted by Gasteiger charge is -2.06. The minimum Gasteiger partial charge on any atom is -0.236 e. The van der Waals surface area contributed by atoms with E-state index in [1.54, 1.807) is 18.2 Å². The Kier molecular flexibility index (Phi) is 2.98. The molecular formula is C12H6F3N3. The molecule has 0 atom stereocenters. The lowest BCUT2D eigenvalue weighted by Crippen LogP contribution is -2.06. The van der Waals surface area contributed by atoms with E-state index in [0.29, 0.717) is 11.1 Å². The normalized spacial score (nSPS) is 11.0. The lowest BCUT2D eigenvalue weighted by molar-refractivity contribution is -0.138. The van der Waals surface area contributed by atoms with Gasteiger partial charge >= 0.3 is 6.18 Å². The number of benzene rings is 1. The van der Waals surface area contributed by atoms with Gasteiger partial charge in [-0.3, -0.25) is 0 Å².